The number of hydrogen-bond donors (Lipinski definition) is 1. The van der Waals surface area contributed by atoms with Crippen molar-refractivity contribution in [3.63, 3.8) is 0 Å². The molecule has 1 amide bonds. The quantitative estimate of drug-likeness (QED) is 0.614. The van der Waals surface area contributed by atoms with E-state index in [-0.39, 0.29) is 22.3 Å². The average molecular weight is 467 g/mol. The number of nitriles is 1. The zero-order valence-corrected chi connectivity index (χ0v) is 18.4. The molecule has 1 heterocycles. The standard InChI is InChI=1S/C21H20F2N2O4S2/c1-21(22,23)19-15(12-24)17(29-14-6-4-3-5-7-14)18(30-19)20(26)25-16(13-8-9-13)10-11-31(2,27)28/h3-7,10-11,13,16H,8-9H2,1-2H3,(H,25,26)/b11-10+/t16-/m1/s1. The second kappa shape index (κ2) is 8.77. The third kappa shape index (κ3) is 5.89. The number of benzene rings is 1. The molecular formula is C21H20F2N2O4S2. The number of carbonyl (C=O) groups is 1. The molecule has 0 spiro atoms. The summed E-state index contributed by atoms with van der Waals surface area (Å²) in [6, 6.07) is 9.38. The van der Waals surface area contributed by atoms with Gasteiger partial charge in [-0.3, -0.25) is 4.79 Å². The average Bonchev–Trinajstić information content (AvgIpc) is 3.45. The van der Waals surface area contributed by atoms with E-state index in [2.05, 4.69) is 5.32 Å². The zero-order chi connectivity index (χ0) is 22.8. The third-order valence-corrected chi connectivity index (χ3v) is 6.50. The normalized spacial score (nSPS) is 15.5. The van der Waals surface area contributed by atoms with Crippen molar-refractivity contribution >= 4 is 27.1 Å². The number of para-hydroxylation sites is 1. The number of ether oxygens (including phenoxy) is 1. The van der Waals surface area contributed by atoms with Crippen LogP contribution in [0.1, 0.15) is 39.9 Å². The van der Waals surface area contributed by atoms with Gasteiger partial charge in [-0.25, -0.2) is 17.2 Å². The molecule has 1 fully saturated rings. The first-order chi connectivity index (χ1) is 14.5. The molecule has 31 heavy (non-hydrogen) atoms. The molecule has 2 aromatic rings. The number of nitrogens with one attached hydrogen (secondary N) is 1. The van der Waals surface area contributed by atoms with Crippen molar-refractivity contribution in [3.8, 4) is 17.6 Å². The highest BCUT2D eigenvalue weighted by atomic mass is 32.2. The number of alkyl halides is 2. The van der Waals surface area contributed by atoms with Gasteiger partial charge in [-0.15, -0.1) is 11.3 Å². The summed E-state index contributed by atoms with van der Waals surface area (Å²) in [7, 11) is -3.40. The minimum atomic E-state index is -3.40. The van der Waals surface area contributed by atoms with Gasteiger partial charge in [0.25, 0.3) is 11.8 Å². The van der Waals surface area contributed by atoms with E-state index in [9.17, 15) is 27.3 Å². The number of sulfone groups is 1. The van der Waals surface area contributed by atoms with Gasteiger partial charge in [0.2, 0.25) is 0 Å². The minimum absolute atomic E-state index is 0.0583. The highest BCUT2D eigenvalue weighted by Gasteiger charge is 2.38. The molecule has 0 radical (unpaired) electrons. The summed E-state index contributed by atoms with van der Waals surface area (Å²) in [6.45, 7) is 0.648. The second-order valence-electron chi connectivity index (χ2n) is 7.37. The Morgan fingerprint density at radius 2 is 2.00 bits per heavy atom. The van der Waals surface area contributed by atoms with Gasteiger partial charge >= 0.3 is 0 Å². The molecule has 1 aliphatic rings. The van der Waals surface area contributed by atoms with Crippen LogP contribution >= 0.6 is 11.3 Å². The summed E-state index contributed by atoms with van der Waals surface area (Å²) in [5, 5.41) is 13.2. The topological polar surface area (TPSA) is 96.3 Å². The summed E-state index contributed by atoms with van der Waals surface area (Å²) in [5.74, 6) is -3.96. The van der Waals surface area contributed by atoms with Crippen molar-refractivity contribution in [1.29, 1.82) is 5.26 Å². The fraction of sp³-hybridized carbons (Fsp3) is 0.333. The number of halogens is 2. The summed E-state index contributed by atoms with van der Waals surface area (Å²) < 4.78 is 56.9. The number of thiophene rings is 1. The summed E-state index contributed by atoms with van der Waals surface area (Å²) in [5.41, 5.74) is -0.402. The number of hydrogen-bond acceptors (Lipinski definition) is 6. The predicted octanol–water partition coefficient (Wildman–Crippen LogP) is 4.59. The van der Waals surface area contributed by atoms with Gasteiger partial charge in [-0.1, -0.05) is 24.3 Å². The van der Waals surface area contributed by atoms with Crippen molar-refractivity contribution in [2.45, 2.75) is 31.7 Å². The number of carbonyl (C=O) groups excluding carboxylic acids is 1. The molecule has 0 unspecified atom stereocenters. The molecule has 3 rings (SSSR count). The Bertz CT molecular complexity index is 1140. The van der Waals surface area contributed by atoms with Crippen LogP contribution < -0.4 is 10.1 Å². The van der Waals surface area contributed by atoms with Crippen LogP contribution in [0.4, 0.5) is 8.78 Å². The van der Waals surface area contributed by atoms with Gasteiger partial charge < -0.3 is 10.1 Å². The van der Waals surface area contributed by atoms with E-state index >= 15 is 0 Å². The molecule has 1 aromatic heterocycles. The van der Waals surface area contributed by atoms with E-state index in [4.69, 9.17) is 4.74 Å². The van der Waals surface area contributed by atoms with Crippen LogP contribution in [0.5, 0.6) is 11.5 Å². The molecule has 0 bridgehead atoms. The molecule has 6 nitrogen and oxygen atoms in total. The van der Waals surface area contributed by atoms with Crippen LogP contribution in [-0.2, 0) is 15.8 Å². The first-order valence-corrected chi connectivity index (χ1v) is 12.1. The summed E-state index contributed by atoms with van der Waals surface area (Å²) in [6.07, 6.45) is 4.03. The highest BCUT2D eigenvalue weighted by molar-refractivity contribution is 7.93. The Labute approximate surface area is 183 Å². The molecule has 0 saturated heterocycles. The van der Waals surface area contributed by atoms with Gasteiger partial charge in [0.1, 0.15) is 22.3 Å². The zero-order valence-electron chi connectivity index (χ0n) is 16.8. The van der Waals surface area contributed by atoms with E-state index in [1.165, 1.54) is 6.08 Å². The van der Waals surface area contributed by atoms with E-state index in [1.807, 2.05) is 0 Å². The van der Waals surface area contributed by atoms with E-state index < -0.39 is 38.1 Å². The maximum Gasteiger partial charge on any atom is 0.280 e. The minimum Gasteiger partial charge on any atom is -0.454 e. The Morgan fingerprint density at radius 1 is 1.35 bits per heavy atom. The fourth-order valence-corrected chi connectivity index (χ4v) is 4.37. The SMILES string of the molecule is CC(F)(F)c1sc(C(=O)N[C@H](/C=C/S(C)(=O)=O)C2CC2)c(Oc2ccccc2)c1C#N. The Hall–Kier alpha value is -2.77. The highest BCUT2D eigenvalue weighted by Crippen LogP contribution is 2.45. The smallest absolute Gasteiger partial charge is 0.280 e. The summed E-state index contributed by atoms with van der Waals surface area (Å²) >= 11 is 0.491. The van der Waals surface area contributed by atoms with Gasteiger partial charge in [-0.2, -0.15) is 5.26 Å². The van der Waals surface area contributed by atoms with Gasteiger partial charge in [-0.05, 0) is 30.9 Å². The summed E-state index contributed by atoms with van der Waals surface area (Å²) in [4.78, 5) is 12.3. The van der Waals surface area contributed by atoms with Gasteiger partial charge in [0, 0.05) is 18.6 Å². The molecule has 1 atom stereocenters. The predicted molar refractivity (Wildman–Crippen MR) is 113 cm³/mol. The lowest BCUT2D eigenvalue weighted by Gasteiger charge is -2.14. The van der Waals surface area contributed by atoms with Crippen molar-refractivity contribution in [1.82, 2.24) is 5.32 Å². The maximum atomic E-state index is 14.1. The van der Waals surface area contributed by atoms with Crippen molar-refractivity contribution in [3.05, 3.63) is 57.1 Å². The van der Waals surface area contributed by atoms with Crippen LogP contribution in [0.25, 0.3) is 0 Å². The van der Waals surface area contributed by atoms with Crippen LogP contribution in [0.2, 0.25) is 0 Å². The molecule has 0 aliphatic heterocycles. The second-order valence-corrected chi connectivity index (χ2v) is 10.3. The van der Waals surface area contributed by atoms with Crippen LogP contribution in [0, 0.1) is 17.2 Å². The lowest BCUT2D eigenvalue weighted by atomic mass is 10.1. The van der Waals surface area contributed by atoms with Crippen LogP contribution in [0.3, 0.4) is 0 Å². The van der Waals surface area contributed by atoms with Crippen LogP contribution in [0.15, 0.2) is 41.8 Å². The first-order valence-electron chi connectivity index (χ1n) is 9.37. The lowest BCUT2D eigenvalue weighted by Crippen LogP contribution is -2.34. The molecule has 1 N–H and O–H groups in total. The molecule has 1 aromatic carbocycles. The van der Waals surface area contributed by atoms with E-state index in [0.29, 0.717) is 18.3 Å². The molecule has 164 valence electrons. The van der Waals surface area contributed by atoms with E-state index in [0.717, 1.165) is 24.5 Å². The number of rotatable bonds is 8. The van der Waals surface area contributed by atoms with Crippen molar-refractivity contribution in [2.24, 2.45) is 5.92 Å². The fourth-order valence-electron chi connectivity index (χ4n) is 2.90. The van der Waals surface area contributed by atoms with Crippen molar-refractivity contribution < 1.29 is 26.7 Å². The molecule has 1 saturated carbocycles. The largest absolute Gasteiger partial charge is 0.454 e. The monoisotopic (exact) mass is 466 g/mol. The Kier molecular flexibility index (Phi) is 6.48. The number of nitrogens with zero attached hydrogens (tertiary/aromatic N) is 1. The maximum absolute atomic E-state index is 14.1. The van der Waals surface area contributed by atoms with Crippen molar-refractivity contribution in [2.75, 3.05) is 6.26 Å². The van der Waals surface area contributed by atoms with Crippen LogP contribution in [-0.4, -0.2) is 26.6 Å². The van der Waals surface area contributed by atoms with E-state index in [1.54, 1.807) is 36.4 Å². The molecule has 1 aliphatic carbocycles. The molecule has 10 heteroatoms. The Morgan fingerprint density at radius 3 is 2.52 bits per heavy atom. The Balaban J connectivity index is 2.00. The third-order valence-electron chi connectivity index (χ3n) is 4.51. The van der Waals surface area contributed by atoms with Gasteiger partial charge in [0.05, 0.1) is 10.9 Å². The number of amides is 1. The lowest BCUT2D eigenvalue weighted by molar-refractivity contribution is 0.0211. The van der Waals surface area contributed by atoms with Gasteiger partial charge in [0.15, 0.2) is 15.6 Å². The first kappa shape index (κ1) is 22.9. The molecular weight excluding hydrogens is 446 g/mol.